The molecule has 5 rings (SSSR count). The fourth-order valence-electron chi connectivity index (χ4n) is 3.70. The molecule has 0 aliphatic carbocycles. The Hall–Kier alpha value is -3.84. The predicted molar refractivity (Wildman–Crippen MR) is 132 cm³/mol. The average molecular weight is 456 g/mol. The smallest absolute Gasteiger partial charge is 0.298 e. The maximum Gasteiger partial charge on any atom is 0.298 e. The zero-order chi connectivity index (χ0) is 22.8. The number of fused-ring (bicyclic) bond motifs is 3. The topological polar surface area (TPSA) is 77.1 Å². The average Bonchev–Trinajstić information content (AvgIpc) is 3.21. The van der Waals surface area contributed by atoms with E-state index in [0.29, 0.717) is 22.8 Å². The van der Waals surface area contributed by atoms with Gasteiger partial charge in [-0.2, -0.15) is 0 Å². The Labute approximate surface area is 194 Å². The summed E-state index contributed by atoms with van der Waals surface area (Å²) >= 11 is 1.24. The number of nitrogens with one attached hydrogen (secondary N) is 1. The largest absolute Gasteiger partial charge is 0.448 e. The number of benzene rings is 3. The summed E-state index contributed by atoms with van der Waals surface area (Å²) in [7, 11) is 0. The van der Waals surface area contributed by atoms with Crippen LogP contribution in [0.5, 0.6) is 0 Å². The summed E-state index contributed by atoms with van der Waals surface area (Å²) in [6, 6.07) is 24.8. The first-order valence-electron chi connectivity index (χ1n) is 10.5. The number of aromatic nitrogens is 2. The van der Waals surface area contributed by atoms with Crippen LogP contribution in [0.1, 0.15) is 11.1 Å². The molecule has 7 heteroatoms. The van der Waals surface area contributed by atoms with Crippen LogP contribution in [-0.2, 0) is 11.3 Å². The van der Waals surface area contributed by atoms with Crippen LogP contribution in [0.25, 0.3) is 22.1 Å². The highest BCUT2D eigenvalue weighted by Gasteiger charge is 2.19. The highest BCUT2D eigenvalue weighted by atomic mass is 32.2. The highest BCUT2D eigenvalue weighted by molar-refractivity contribution is 7.99. The van der Waals surface area contributed by atoms with Crippen LogP contribution in [0, 0.1) is 6.92 Å². The minimum Gasteiger partial charge on any atom is -0.448 e. The molecule has 0 saturated carbocycles. The van der Waals surface area contributed by atoms with Crippen molar-refractivity contribution < 1.29 is 9.21 Å². The van der Waals surface area contributed by atoms with Gasteiger partial charge in [-0.3, -0.25) is 14.2 Å². The van der Waals surface area contributed by atoms with Gasteiger partial charge in [-0.25, -0.2) is 4.98 Å². The number of aryl methyl sites for hydroxylation is 1. The van der Waals surface area contributed by atoms with E-state index >= 15 is 0 Å². The quantitative estimate of drug-likeness (QED) is 0.280. The van der Waals surface area contributed by atoms with E-state index in [2.05, 4.69) is 5.32 Å². The van der Waals surface area contributed by atoms with Gasteiger partial charge in [-0.05, 0) is 36.2 Å². The molecule has 5 aromatic rings. The summed E-state index contributed by atoms with van der Waals surface area (Å²) in [4.78, 5) is 30.8. The Bertz CT molecular complexity index is 1520. The summed E-state index contributed by atoms with van der Waals surface area (Å²) in [5.41, 5.74) is 3.81. The van der Waals surface area contributed by atoms with E-state index in [4.69, 9.17) is 9.40 Å². The molecule has 33 heavy (non-hydrogen) atoms. The van der Waals surface area contributed by atoms with Gasteiger partial charge in [-0.1, -0.05) is 72.4 Å². The highest BCUT2D eigenvalue weighted by Crippen LogP contribution is 2.27. The van der Waals surface area contributed by atoms with Crippen molar-refractivity contribution in [2.75, 3.05) is 11.1 Å². The van der Waals surface area contributed by atoms with Crippen molar-refractivity contribution in [2.45, 2.75) is 18.6 Å². The number of rotatable bonds is 6. The van der Waals surface area contributed by atoms with E-state index < -0.39 is 0 Å². The molecule has 0 spiro atoms. The number of para-hydroxylation sites is 2. The number of nitrogens with zero attached hydrogens (tertiary/aromatic N) is 2. The van der Waals surface area contributed by atoms with Crippen LogP contribution in [0.15, 0.2) is 93.2 Å². The first kappa shape index (κ1) is 21.0. The summed E-state index contributed by atoms with van der Waals surface area (Å²) in [5, 5.41) is 4.19. The van der Waals surface area contributed by atoms with Crippen LogP contribution in [0.3, 0.4) is 0 Å². The van der Waals surface area contributed by atoms with Gasteiger partial charge in [0.15, 0.2) is 5.16 Å². The normalized spacial score (nSPS) is 11.2. The molecular formula is C26H21N3O3S. The summed E-state index contributed by atoms with van der Waals surface area (Å²) in [6.45, 7) is 2.28. The molecule has 2 aromatic heterocycles. The number of hydrogen-bond acceptors (Lipinski definition) is 5. The minimum atomic E-state index is -0.262. The Kier molecular flexibility index (Phi) is 5.71. The van der Waals surface area contributed by atoms with Crippen LogP contribution < -0.4 is 10.9 Å². The van der Waals surface area contributed by atoms with E-state index in [1.165, 1.54) is 11.8 Å². The van der Waals surface area contributed by atoms with Gasteiger partial charge in [0.05, 0.1) is 12.3 Å². The fraction of sp³-hybridized carbons (Fsp3) is 0.115. The van der Waals surface area contributed by atoms with Gasteiger partial charge in [-0.15, -0.1) is 0 Å². The molecule has 0 saturated heterocycles. The zero-order valence-corrected chi connectivity index (χ0v) is 18.8. The summed E-state index contributed by atoms with van der Waals surface area (Å²) < 4.78 is 7.43. The first-order chi connectivity index (χ1) is 16.1. The Morgan fingerprint density at radius 3 is 2.55 bits per heavy atom. The van der Waals surface area contributed by atoms with Gasteiger partial charge < -0.3 is 9.73 Å². The molecule has 0 aliphatic rings. The molecule has 0 radical (unpaired) electrons. The summed E-state index contributed by atoms with van der Waals surface area (Å²) in [5.74, 6) is -0.0383. The van der Waals surface area contributed by atoms with Gasteiger partial charge in [0.2, 0.25) is 11.5 Å². The van der Waals surface area contributed by atoms with E-state index in [0.717, 1.165) is 22.2 Å². The molecule has 0 fully saturated rings. The monoisotopic (exact) mass is 455 g/mol. The van der Waals surface area contributed by atoms with Gasteiger partial charge in [0, 0.05) is 11.1 Å². The SMILES string of the molecule is Cc1ccccc1NC(=O)CSc1nc2c(oc3ccccc32)c(=O)n1Cc1ccccc1. The molecule has 2 heterocycles. The lowest BCUT2D eigenvalue weighted by atomic mass is 10.2. The van der Waals surface area contributed by atoms with Gasteiger partial charge in [0.1, 0.15) is 11.1 Å². The van der Waals surface area contributed by atoms with Crippen LogP contribution >= 0.6 is 11.8 Å². The number of carbonyl (C=O) groups excluding carboxylic acids is 1. The molecule has 1 N–H and O–H groups in total. The zero-order valence-electron chi connectivity index (χ0n) is 17.9. The first-order valence-corrected chi connectivity index (χ1v) is 11.5. The number of anilines is 1. The predicted octanol–water partition coefficient (Wildman–Crippen LogP) is 5.23. The maximum atomic E-state index is 13.4. The lowest BCUT2D eigenvalue weighted by Crippen LogP contribution is -2.24. The molecule has 0 bridgehead atoms. The summed E-state index contributed by atoms with van der Waals surface area (Å²) in [6.07, 6.45) is 0. The lowest BCUT2D eigenvalue weighted by molar-refractivity contribution is -0.113. The third-order valence-corrected chi connectivity index (χ3v) is 6.36. The third-order valence-electron chi connectivity index (χ3n) is 5.38. The Morgan fingerprint density at radius 1 is 1.00 bits per heavy atom. The fourth-order valence-corrected chi connectivity index (χ4v) is 4.49. The number of carbonyl (C=O) groups is 1. The van der Waals surface area contributed by atoms with Crippen molar-refractivity contribution in [1.82, 2.24) is 9.55 Å². The molecule has 0 unspecified atom stereocenters. The second-order valence-electron chi connectivity index (χ2n) is 7.70. The minimum absolute atomic E-state index is 0.122. The van der Waals surface area contributed by atoms with Crippen molar-refractivity contribution >= 4 is 45.4 Å². The van der Waals surface area contributed by atoms with E-state index in [9.17, 15) is 9.59 Å². The second-order valence-corrected chi connectivity index (χ2v) is 8.64. The number of furan rings is 1. The van der Waals surface area contributed by atoms with Crippen LogP contribution in [0.2, 0.25) is 0 Å². The number of amides is 1. The third kappa shape index (κ3) is 4.27. The standard InChI is InChI=1S/C26H21N3O3S/c1-17-9-5-7-13-20(17)27-22(30)16-33-26-28-23-19-12-6-8-14-21(19)32-24(23)25(31)29(26)15-18-10-3-2-4-11-18/h2-14H,15-16H2,1H3,(H,27,30). The van der Waals surface area contributed by atoms with Crippen molar-refractivity contribution in [3.05, 3.63) is 100 Å². The van der Waals surface area contributed by atoms with Crippen molar-refractivity contribution in [3.8, 4) is 0 Å². The Balaban J connectivity index is 1.51. The van der Waals surface area contributed by atoms with Crippen molar-refractivity contribution in [1.29, 1.82) is 0 Å². The van der Waals surface area contributed by atoms with E-state index in [1.54, 1.807) is 4.57 Å². The van der Waals surface area contributed by atoms with Crippen molar-refractivity contribution in [2.24, 2.45) is 0 Å². The number of thioether (sulfide) groups is 1. The van der Waals surface area contributed by atoms with Crippen LogP contribution in [0.4, 0.5) is 5.69 Å². The molecule has 0 aliphatic heterocycles. The van der Waals surface area contributed by atoms with Crippen LogP contribution in [-0.4, -0.2) is 21.2 Å². The van der Waals surface area contributed by atoms with E-state index in [-0.39, 0.29) is 22.8 Å². The van der Waals surface area contributed by atoms with E-state index in [1.807, 2.05) is 85.8 Å². The number of hydrogen-bond donors (Lipinski definition) is 1. The molecular weight excluding hydrogens is 434 g/mol. The Morgan fingerprint density at radius 2 is 1.73 bits per heavy atom. The molecule has 3 aromatic carbocycles. The molecule has 164 valence electrons. The van der Waals surface area contributed by atoms with Gasteiger partial charge >= 0.3 is 0 Å². The molecule has 0 atom stereocenters. The molecule has 1 amide bonds. The second kappa shape index (κ2) is 8.96. The van der Waals surface area contributed by atoms with Crippen molar-refractivity contribution in [3.63, 3.8) is 0 Å². The molecule has 6 nitrogen and oxygen atoms in total. The lowest BCUT2D eigenvalue weighted by Gasteiger charge is -2.12. The van der Waals surface area contributed by atoms with Gasteiger partial charge in [0.25, 0.3) is 5.56 Å². The maximum absolute atomic E-state index is 13.4.